The Labute approximate surface area is 380 Å². The van der Waals surface area contributed by atoms with Crippen molar-refractivity contribution >= 4 is 13.8 Å². The second-order valence-electron chi connectivity index (χ2n) is 16.8. The van der Waals surface area contributed by atoms with Crippen molar-refractivity contribution in [2.75, 3.05) is 33.0 Å². The number of aliphatic hydroxyl groups is 2. The van der Waals surface area contributed by atoms with Gasteiger partial charge in [-0.15, -0.1) is 0 Å². The molecule has 0 rings (SSSR count). The summed E-state index contributed by atoms with van der Waals surface area (Å²) in [6.07, 6.45) is 57.5. The number of rotatable bonds is 48. The van der Waals surface area contributed by atoms with E-state index >= 15 is 0 Å². The first-order valence-electron chi connectivity index (χ1n) is 25.3. The average molecular weight is 895 g/mol. The number of hydrogen-bond acceptors (Lipinski definition) is 8. The van der Waals surface area contributed by atoms with Crippen molar-refractivity contribution in [1.29, 1.82) is 0 Å². The Kier molecular flexibility index (Phi) is 47.2. The molecule has 0 heterocycles. The number of allylic oxidation sites excluding steroid dienone is 10. The van der Waals surface area contributed by atoms with E-state index in [1.54, 1.807) is 0 Å². The van der Waals surface area contributed by atoms with Crippen molar-refractivity contribution in [3.8, 4) is 0 Å². The average Bonchev–Trinajstić information content (AvgIpc) is 3.26. The molecule has 0 aliphatic carbocycles. The van der Waals surface area contributed by atoms with Crippen LogP contribution in [0.1, 0.15) is 219 Å². The summed E-state index contributed by atoms with van der Waals surface area (Å²) in [6, 6.07) is 0. The Balaban J connectivity index is 4.11. The lowest BCUT2D eigenvalue weighted by atomic mass is 10.1. The molecule has 3 unspecified atom stereocenters. The molecule has 3 N–H and O–H groups in total. The minimum atomic E-state index is -4.53. The molecule has 0 saturated heterocycles. The topological polar surface area (TPSA) is 132 Å². The monoisotopic (exact) mass is 895 g/mol. The van der Waals surface area contributed by atoms with Gasteiger partial charge in [0.15, 0.2) is 0 Å². The first kappa shape index (κ1) is 60.2. The highest BCUT2D eigenvalue weighted by Crippen LogP contribution is 2.43. The van der Waals surface area contributed by atoms with E-state index in [4.69, 9.17) is 23.6 Å². The number of phosphoric acid groups is 1. The normalized spacial score (nSPS) is 14.3. The zero-order valence-electron chi connectivity index (χ0n) is 39.8. The van der Waals surface area contributed by atoms with E-state index in [1.165, 1.54) is 128 Å². The van der Waals surface area contributed by atoms with Crippen molar-refractivity contribution in [3.63, 3.8) is 0 Å². The largest absolute Gasteiger partial charge is 0.472 e. The number of ether oxygens (including phenoxy) is 2. The minimum Gasteiger partial charge on any atom is -0.457 e. The highest BCUT2D eigenvalue weighted by Gasteiger charge is 2.26. The highest BCUT2D eigenvalue weighted by atomic mass is 31.2. The van der Waals surface area contributed by atoms with Gasteiger partial charge in [0, 0.05) is 13.0 Å². The minimum absolute atomic E-state index is 0.0396. The van der Waals surface area contributed by atoms with E-state index in [9.17, 15) is 19.4 Å². The van der Waals surface area contributed by atoms with Gasteiger partial charge in [0.1, 0.15) is 12.2 Å². The third-order valence-corrected chi connectivity index (χ3v) is 11.6. The molecule has 0 spiro atoms. The molecule has 0 amide bonds. The quantitative estimate of drug-likeness (QED) is 0.0236. The molecular formula is C52H95O9P. The van der Waals surface area contributed by atoms with Gasteiger partial charge in [-0.05, 0) is 77.0 Å². The molecule has 0 saturated carbocycles. The molecule has 0 fully saturated rings. The van der Waals surface area contributed by atoms with Gasteiger partial charge in [0.05, 0.1) is 26.4 Å². The van der Waals surface area contributed by atoms with Gasteiger partial charge in [-0.1, -0.05) is 197 Å². The molecule has 0 aromatic carbocycles. The molecule has 62 heavy (non-hydrogen) atoms. The first-order chi connectivity index (χ1) is 30.3. The molecule has 9 nitrogen and oxygen atoms in total. The maximum atomic E-state index is 12.7. The van der Waals surface area contributed by atoms with Crippen LogP contribution in [-0.4, -0.2) is 66.3 Å². The second kappa shape index (κ2) is 48.6. The smallest absolute Gasteiger partial charge is 0.457 e. The van der Waals surface area contributed by atoms with Crippen molar-refractivity contribution < 1.29 is 43.0 Å². The molecule has 0 radical (unpaired) electrons. The van der Waals surface area contributed by atoms with E-state index in [1.807, 2.05) is 0 Å². The van der Waals surface area contributed by atoms with Crippen LogP contribution < -0.4 is 0 Å². The SMILES string of the molecule is CC/C=C\C/C=C\C/C=C\C/C=C\CCCCCCCCCOCC(COP(=O)(O)OCC(O)CO)OC(=O)CCCCCCCCCCC/C=C\CCCCCCCCCC. The van der Waals surface area contributed by atoms with Crippen molar-refractivity contribution in [1.82, 2.24) is 0 Å². The van der Waals surface area contributed by atoms with Crippen molar-refractivity contribution in [3.05, 3.63) is 60.8 Å². The molecule has 0 bridgehead atoms. The Bertz CT molecular complexity index is 1150. The van der Waals surface area contributed by atoms with Gasteiger partial charge < -0.3 is 24.6 Å². The molecule has 0 aliphatic rings. The molecule has 0 aromatic heterocycles. The van der Waals surface area contributed by atoms with Crippen LogP contribution in [0.5, 0.6) is 0 Å². The molecule has 10 heteroatoms. The van der Waals surface area contributed by atoms with Crippen molar-refractivity contribution in [2.45, 2.75) is 232 Å². The summed E-state index contributed by atoms with van der Waals surface area (Å²) in [4.78, 5) is 22.7. The Morgan fingerprint density at radius 3 is 1.40 bits per heavy atom. The standard InChI is InChI=1S/C52H95O9P/c1-3-5-7-9-11-13-15-17-19-21-23-25-26-28-30-32-34-36-38-40-42-44-52(55)61-51(49-60-62(56,57)59-47-50(54)46-53)48-58-45-43-41-39-37-35-33-31-29-27-24-22-20-18-16-14-12-10-8-6-4-2/h6,8,12,14,18,20-21,23-24,27,50-51,53-54H,3-5,7,9-11,13,15-17,19,22,25-26,28-49H2,1-2H3,(H,56,57)/b8-6-,14-12-,20-18-,23-21-,27-24-. The number of unbranched alkanes of at least 4 members (excludes halogenated alkanes) is 24. The summed E-state index contributed by atoms with van der Waals surface area (Å²) in [6.45, 7) is 3.40. The number of hydrogen-bond donors (Lipinski definition) is 3. The Morgan fingerprint density at radius 2 is 0.919 bits per heavy atom. The van der Waals surface area contributed by atoms with Crippen LogP contribution in [0.25, 0.3) is 0 Å². The van der Waals surface area contributed by atoms with Crippen LogP contribution in [0.15, 0.2) is 60.8 Å². The van der Waals surface area contributed by atoms with Crippen LogP contribution in [0.4, 0.5) is 0 Å². The van der Waals surface area contributed by atoms with E-state index < -0.39 is 33.2 Å². The summed E-state index contributed by atoms with van der Waals surface area (Å²) in [5.74, 6) is -0.388. The zero-order valence-corrected chi connectivity index (χ0v) is 40.7. The predicted octanol–water partition coefficient (Wildman–Crippen LogP) is 14.7. The van der Waals surface area contributed by atoms with Crippen LogP contribution >= 0.6 is 7.82 Å². The van der Waals surface area contributed by atoms with Crippen LogP contribution in [0, 0.1) is 0 Å². The number of carbonyl (C=O) groups excluding carboxylic acids is 1. The summed E-state index contributed by atoms with van der Waals surface area (Å²) in [5, 5.41) is 18.4. The third-order valence-electron chi connectivity index (χ3n) is 10.7. The second-order valence-corrected chi connectivity index (χ2v) is 18.3. The number of carbonyl (C=O) groups is 1. The van der Waals surface area contributed by atoms with Gasteiger partial charge in [-0.3, -0.25) is 13.8 Å². The molecule has 0 aromatic rings. The van der Waals surface area contributed by atoms with E-state index in [0.29, 0.717) is 6.61 Å². The summed E-state index contributed by atoms with van der Waals surface area (Å²) in [5.41, 5.74) is 0. The fourth-order valence-corrected chi connectivity index (χ4v) is 7.66. The summed E-state index contributed by atoms with van der Waals surface area (Å²) >= 11 is 0. The summed E-state index contributed by atoms with van der Waals surface area (Å²) < 4.78 is 33.5. The third kappa shape index (κ3) is 47.6. The fraction of sp³-hybridized carbons (Fsp3) is 0.788. The van der Waals surface area contributed by atoms with Gasteiger partial charge in [0.2, 0.25) is 0 Å². The molecule has 362 valence electrons. The van der Waals surface area contributed by atoms with Gasteiger partial charge in [-0.25, -0.2) is 4.57 Å². The van der Waals surface area contributed by atoms with Crippen molar-refractivity contribution in [2.24, 2.45) is 0 Å². The van der Waals surface area contributed by atoms with E-state index in [0.717, 1.165) is 70.6 Å². The van der Waals surface area contributed by atoms with Crippen LogP contribution in [0.3, 0.4) is 0 Å². The predicted molar refractivity (Wildman–Crippen MR) is 260 cm³/mol. The molecule has 0 aliphatic heterocycles. The highest BCUT2D eigenvalue weighted by molar-refractivity contribution is 7.47. The van der Waals surface area contributed by atoms with Gasteiger partial charge in [0.25, 0.3) is 0 Å². The number of esters is 1. The molecular weight excluding hydrogens is 800 g/mol. The maximum Gasteiger partial charge on any atom is 0.472 e. The zero-order chi connectivity index (χ0) is 45.3. The lowest BCUT2D eigenvalue weighted by molar-refractivity contribution is -0.154. The fourth-order valence-electron chi connectivity index (χ4n) is 6.87. The lowest BCUT2D eigenvalue weighted by Gasteiger charge is -2.20. The first-order valence-corrected chi connectivity index (χ1v) is 26.8. The maximum absolute atomic E-state index is 12.7. The Morgan fingerprint density at radius 1 is 0.516 bits per heavy atom. The van der Waals surface area contributed by atoms with Crippen LogP contribution in [0.2, 0.25) is 0 Å². The number of aliphatic hydroxyl groups excluding tert-OH is 2. The number of phosphoric ester groups is 1. The lowest BCUT2D eigenvalue weighted by Crippen LogP contribution is -2.29. The van der Waals surface area contributed by atoms with E-state index in [2.05, 4.69) is 74.6 Å². The van der Waals surface area contributed by atoms with Crippen LogP contribution in [-0.2, 0) is 27.9 Å². The van der Waals surface area contributed by atoms with Gasteiger partial charge in [-0.2, -0.15) is 0 Å². The Hall–Kier alpha value is -1.84. The summed E-state index contributed by atoms with van der Waals surface area (Å²) in [7, 11) is -4.53. The van der Waals surface area contributed by atoms with E-state index in [-0.39, 0.29) is 25.6 Å². The van der Waals surface area contributed by atoms with Gasteiger partial charge >= 0.3 is 13.8 Å². The molecule has 3 atom stereocenters.